The zero-order valence-electron chi connectivity index (χ0n) is 8.74. The molecule has 5 nitrogen and oxygen atoms in total. The maximum Gasteiger partial charge on any atom is 0.695 e. The summed E-state index contributed by atoms with van der Waals surface area (Å²) in [5.41, 5.74) is 0.923. The third-order valence-electron chi connectivity index (χ3n) is 2.19. The van der Waals surface area contributed by atoms with Crippen LogP contribution < -0.4 is 0 Å². The number of rotatable bonds is 4. The summed E-state index contributed by atoms with van der Waals surface area (Å²) < 4.78 is 14.6. The minimum absolute atomic E-state index is 0.223. The molecule has 86 valence electrons. The molecule has 17 heavy (non-hydrogen) atoms. The van der Waals surface area contributed by atoms with Crippen molar-refractivity contribution in [2.24, 2.45) is 0 Å². The van der Waals surface area contributed by atoms with E-state index in [9.17, 15) is 9.36 Å². The van der Waals surface area contributed by atoms with E-state index in [-0.39, 0.29) is 5.69 Å². The van der Waals surface area contributed by atoms with E-state index in [0.29, 0.717) is 5.52 Å². The molecule has 0 aliphatic carbocycles. The molecule has 1 heterocycles. The van der Waals surface area contributed by atoms with Gasteiger partial charge in [-0.15, -0.1) is 9.42 Å². The highest BCUT2D eigenvalue weighted by atomic mass is 31.1. The molecule has 6 heteroatoms. The molecule has 2 rings (SSSR count). The first-order valence-corrected chi connectivity index (χ1v) is 5.98. The average Bonchev–Trinajstić information content (AvgIpc) is 2.35. The van der Waals surface area contributed by atoms with E-state index in [1.54, 1.807) is 18.2 Å². The number of para-hydroxylation sites is 1. The van der Waals surface area contributed by atoms with Gasteiger partial charge < -0.3 is 0 Å². The van der Waals surface area contributed by atoms with E-state index >= 15 is 0 Å². The van der Waals surface area contributed by atoms with Crippen LogP contribution in [0.2, 0.25) is 0 Å². The molecule has 0 radical (unpaired) electrons. The van der Waals surface area contributed by atoms with Gasteiger partial charge in [-0.05, 0) is 12.1 Å². The minimum Gasteiger partial charge on any atom is -0.290 e. The first-order valence-electron chi connectivity index (χ1n) is 4.85. The second kappa shape index (κ2) is 5.10. The Hall–Kier alpha value is -1.68. The van der Waals surface area contributed by atoms with Crippen molar-refractivity contribution in [1.29, 1.82) is 0 Å². The maximum atomic E-state index is 11.6. The Morgan fingerprint density at radius 1 is 1.29 bits per heavy atom. The smallest absolute Gasteiger partial charge is 0.290 e. The molecule has 0 aliphatic heterocycles. The van der Waals surface area contributed by atoms with Crippen LogP contribution in [-0.2, 0) is 9.09 Å². The van der Waals surface area contributed by atoms with Crippen molar-refractivity contribution in [1.82, 2.24) is 4.98 Å². The summed E-state index contributed by atoms with van der Waals surface area (Å²) in [4.78, 5) is 24.1. The molecule has 0 spiro atoms. The number of carbonyl (C=O) groups is 1. The van der Waals surface area contributed by atoms with Crippen LogP contribution in [0.1, 0.15) is 10.5 Å². The van der Waals surface area contributed by atoms with E-state index in [4.69, 9.17) is 4.89 Å². The molecule has 1 atom stereocenters. The number of ketones is 1. The highest BCUT2D eigenvalue weighted by Gasteiger charge is 2.17. The first kappa shape index (κ1) is 11.8. The minimum atomic E-state index is -2.76. The molecular weight excluding hydrogens is 241 g/mol. The van der Waals surface area contributed by atoms with E-state index in [1.165, 1.54) is 0 Å². The quantitative estimate of drug-likeness (QED) is 0.664. The van der Waals surface area contributed by atoms with Crippen molar-refractivity contribution < 1.29 is 18.8 Å². The predicted octanol–water partition coefficient (Wildman–Crippen LogP) is 2.08. The summed E-state index contributed by atoms with van der Waals surface area (Å²) in [5.74, 6) is -0.423. The molecule has 1 aromatic carbocycles. The fraction of sp³-hybridized carbons (Fsp3) is 0.0909. The fourth-order valence-corrected chi connectivity index (χ4v) is 1.64. The Morgan fingerprint density at radius 3 is 2.82 bits per heavy atom. The average molecular weight is 250 g/mol. The number of Topliss-reactive ketones (excluding diaryl/α,β-unsaturated/α-hetero) is 1. The Kier molecular flexibility index (Phi) is 3.54. The third kappa shape index (κ3) is 2.91. The zero-order chi connectivity index (χ0) is 12.3. The molecule has 2 aromatic rings. The highest BCUT2D eigenvalue weighted by molar-refractivity contribution is 7.32. The molecular formula is C11H9NO4P+. The molecule has 1 aromatic heterocycles. The van der Waals surface area contributed by atoms with Crippen LogP contribution in [-0.4, -0.2) is 22.3 Å². The number of fused-ring (bicyclic) bond motifs is 1. The number of pyridine rings is 1. The molecule has 0 fully saturated rings. The molecule has 1 N–H and O–H groups in total. The standard InChI is InChI=1S/C11H8NO4P/c13-11(7-16-17(14)15)10-6-5-8-3-1-2-4-9(8)12-10/h1-6H,7H2/p+1. The third-order valence-corrected chi connectivity index (χ3v) is 2.54. The van der Waals surface area contributed by atoms with Gasteiger partial charge >= 0.3 is 8.25 Å². The van der Waals surface area contributed by atoms with E-state index in [1.807, 2.05) is 18.2 Å². The van der Waals surface area contributed by atoms with E-state index in [0.717, 1.165) is 5.39 Å². The number of nitrogens with zero attached hydrogens (tertiary/aromatic N) is 1. The lowest BCUT2D eigenvalue weighted by Gasteiger charge is -1.99. The summed E-state index contributed by atoms with van der Waals surface area (Å²) in [6.07, 6.45) is 0. The van der Waals surface area contributed by atoms with Gasteiger partial charge in [-0.3, -0.25) is 4.79 Å². The predicted molar refractivity (Wildman–Crippen MR) is 61.9 cm³/mol. The second-order valence-electron chi connectivity index (χ2n) is 3.32. The monoisotopic (exact) mass is 250 g/mol. The van der Waals surface area contributed by atoms with Gasteiger partial charge in [-0.2, -0.15) is 0 Å². The lowest BCUT2D eigenvalue weighted by atomic mass is 10.2. The van der Waals surface area contributed by atoms with Crippen molar-refractivity contribution in [3.63, 3.8) is 0 Å². The van der Waals surface area contributed by atoms with Gasteiger partial charge in [0.15, 0.2) is 6.61 Å². The van der Waals surface area contributed by atoms with Gasteiger partial charge in [0.05, 0.1) is 5.52 Å². The molecule has 0 bridgehead atoms. The summed E-state index contributed by atoms with van der Waals surface area (Å²) in [6.45, 7) is -0.447. The first-order chi connectivity index (χ1) is 8.16. The van der Waals surface area contributed by atoms with Crippen LogP contribution in [0.3, 0.4) is 0 Å². The van der Waals surface area contributed by atoms with Crippen molar-refractivity contribution in [3.05, 3.63) is 42.1 Å². The van der Waals surface area contributed by atoms with Crippen LogP contribution in [0.4, 0.5) is 0 Å². The van der Waals surface area contributed by atoms with E-state index < -0.39 is 20.6 Å². The summed E-state index contributed by atoms with van der Waals surface area (Å²) in [7, 11) is -2.76. The summed E-state index contributed by atoms with van der Waals surface area (Å²) in [6, 6.07) is 10.7. The Labute approximate surface area is 98.0 Å². The second-order valence-corrected chi connectivity index (χ2v) is 4.06. The molecule has 0 aliphatic rings. The van der Waals surface area contributed by atoms with Crippen molar-refractivity contribution in [2.75, 3.05) is 6.61 Å². The Balaban J connectivity index is 2.24. The van der Waals surface area contributed by atoms with Crippen molar-refractivity contribution in [2.45, 2.75) is 0 Å². The fourth-order valence-electron chi connectivity index (χ4n) is 1.41. The molecule has 0 saturated heterocycles. The number of benzene rings is 1. The van der Waals surface area contributed by atoms with Crippen LogP contribution in [0.15, 0.2) is 36.4 Å². The zero-order valence-corrected chi connectivity index (χ0v) is 9.63. The number of carbonyl (C=O) groups excluding carboxylic acids is 1. The number of hydrogen-bond acceptors (Lipinski definition) is 4. The van der Waals surface area contributed by atoms with Crippen LogP contribution in [0.5, 0.6) is 0 Å². The molecule has 0 saturated carbocycles. The number of hydrogen-bond donors (Lipinski definition) is 1. The SMILES string of the molecule is O=C(CO[P+](=O)O)c1ccc2ccccc2n1. The maximum absolute atomic E-state index is 11.6. The normalized spacial score (nSPS) is 11.5. The molecule has 1 unspecified atom stereocenters. The van der Waals surface area contributed by atoms with Crippen molar-refractivity contribution >= 4 is 24.9 Å². The highest BCUT2D eigenvalue weighted by Crippen LogP contribution is 2.16. The van der Waals surface area contributed by atoms with Gasteiger partial charge in [-0.25, -0.2) is 4.98 Å². The van der Waals surface area contributed by atoms with E-state index in [2.05, 4.69) is 9.51 Å². The number of aromatic nitrogens is 1. The van der Waals surface area contributed by atoms with Crippen LogP contribution in [0.25, 0.3) is 10.9 Å². The van der Waals surface area contributed by atoms with Crippen LogP contribution in [0, 0.1) is 0 Å². The van der Waals surface area contributed by atoms with Crippen LogP contribution >= 0.6 is 8.25 Å². The summed E-state index contributed by atoms with van der Waals surface area (Å²) >= 11 is 0. The van der Waals surface area contributed by atoms with Gasteiger partial charge in [0.1, 0.15) is 5.69 Å². The largest absolute Gasteiger partial charge is 0.695 e. The lowest BCUT2D eigenvalue weighted by molar-refractivity contribution is 0.0912. The van der Waals surface area contributed by atoms with Gasteiger partial charge in [0, 0.05) is 9.95 Å². The Morgan fingerprint density at radius 2 is 2.06 bits per heavy atom. The molecule has 0 amide bonds. The summed E-state index contributed by atoms with van der Waals surface area (Å²) in [5, 5.41) is 0.929. The topological polar surface area (TPSA) is 76.5 Å². The van der Waals surface area contributed by atoms with Gasteiger partial charge in [0.25, 0.3) is 0 Å². The van der Waals surface area contributed by atoms with Crippen molar-refractivity contribution in [3.8, 4) is 0 Å². The van der Waals surface area contributed by atoms with Gasteiger partial charge in [0.2, 0.25) is 5.78 Å². The lowest BCUT2D eigenvalue weighted by Crippen LogP contribution is -2.08. The van der Waals surface area contributed by atoms with Gasteiger partial charge in [-0.1, -0.05) is 24.3 Å². The Bertz CT molecular complexity index is 584.